The first-order chi connectivity index (χ1) is 15.8. The van der Waals surface area contributed by atoms with Crippen molar-refractivity contribution in [3.63, 3.8) is 0 Å². The lowest BCUT2D eigenvalue weighted by Crippen LogP contribution is -2.32. The average Bonchev–Trinajstić information content (AvgIpc) is 3.03. The molecular weight excluding hydrogens is 416 g/mol. The minimum Gasteiger partial charge on any atom is -0.497 e. The molecule has 3 aromatic carbocycles. The first-order valence-corrected chi connectivity index (χ1v) is 10.6. The third-order valence-electron chi connectivity index (χ3n) is 5.65. The number of nitrogens with zero attached hydrogens (tertiary/aromatic N) is 1. The lowest BCUT2D eigenvalue weighted by molar-refractivity contribution is -0.120. The Balaban J connectivity index is 1.86. The summed E-state index contributed by atoms with van der Waals surface area (Å²) in [7, 11) is 3.12. The predicted molar refractivity (Wildman–Crippen MR) is 130 cm³/mol. The standard InChI is InChI=1S/C27H26N2O4/c1-16-6-9-20(10-7-16)29-26(30)24(23-11-8-17(2)12-18(23)3)25(27(29)31)28-19-13-21(32-4)15-22(14-19)33-5/h6-15,28H,1-5H3. The number of carbonyl (C=O) groups excluding carboxylic acids is 2. The SMILES string of the molecule is COc1cc(NC2=C(c3ccc(C)cc3C)C(=O)N(c3ccc(C)cc3)C2=O)cc(OC)c1. The second kappa shape index (κ2) is 8.82. The molecule has 33 heavy (non-hydrogen) atoms. The topological polar surface area (TPSA) is 67.9 Å². The van der Waals surface area contributed by atoms with Crippen molar-refractivity contribution >= 4 is 28.8 Å². The van der Waals surface area contributed by atoms with Crippen molar-refractivity contribution in [1.82, 2.24) is 0 Å². The Morgan fingerprint density at radius 2 is 1.33 bits per heavy atom. The largest absolute Gasteiger partial charge is 0.497 e. The van der Waals surface area contributed by atoms with Crippen LogP contribution in [-0.4, -0.2) is 26.0 Å². The van der Waals surface area contributed by atoms with Crippen molar-refractivity contribution in [2.75, 3.05) is 24.4 Å². The summed E-state index contributed by atoms with van der Waals surface area (Å²) in [6.45, 7) is 5.89. The highest BCUT2D eigenvalue weighted by Crippen LogP contribution is 2.36. The molecule has 0 unspecified atom stereocenters. The molecular formula is C27H26N2O4. The fourth-order valence-electron chi connectivity index (χ4n) is 3.94. The van der Waals surface area contributed by atoms with Crippen LogP contribution in [-0.2, 0) is 9.59 Å². The summed E-state index contributed by atoms with van der Waals surface area (Å²) in [4.78, 5) is 28.5. The van der Waals surface area contributed by atoms with Gasteiger partial charge in [-0.15, -0.1) is 0 Å². The predicted octanol–water partition coefficient (Wildman–Crippen LogP) is 5.03. The van der Waals surface area contributed by atoms with E-state index < -0.39 is 5.91 Å². The Hall–Kier alpha value is -4.06. The highest BCUT2D eigenvalue weighted by molar-refractivity contribution is 6.46. The maximum atomic E-state index is 13.6. The molecule has 168 valence electrons. The van der Waals surface area contributed by atoms with Crippen LogP contribution in [0.25, 0.3) is 5.57 Å². The number of nitrogens with one attached hydrogen (secondary N) is 1. The van der Waals surface area contributed by atoms with Crippen LogP contribution in [0.3, 0.4) is 0 Å². The second-order valence-electron chi connectivity index (χ2n) is 8.08. The Bertz CT molecular complexity index is 1250. The van der Waals surface area contributed by atoms with Crippen LogP contribution in [0.4, 0.5) is 11.4 Å². The van der Waals surface area contributed by atoms with E-state index in [0.717, 1.165) is 16.7 Å². The van der Waals surface area contributed by atoms with E-state index in [-0.39, 0.29) is 11.6 Å². The summed E-state index contributed by atoms with van der Waals surface area (Å²) in [6.07, 6.45) is 0. The van der Waals surface area contributed by atoms with E-state index in [1.165, 1.54) is 4.90 Å². The Kier molecular flexibility index (Phi) is 5.92. The van der Waals surface area contributed by atoms with Crippen LogP contribution in [0, 0.1) is 20.8 Å². The molecule has 0 fully saturated rings. The van der Waals surface area contributed by atoms with Crippen LogP contribution in [0.1, 0.15) is 22.3 Å². The van der Waals surface area contributed by atoms with Crippen LogP contribution in [0.5, 0.6) is 11.5 Å². The zero-order valence-electron chi connectivity index (χ0n) is 19.4. The summed E-state index contributed by atoms with van der Waals surface area (Å²) in [6, 6.07) is 18.4. The van der Waals surface area contributed by atoms with Crippen molar-refractivity contribution in [1.29, 1.82) is 0 Å². The zero-order valence-corrected chi connectivity index (χ0v) is 19.4. The molecule has 3 aromatic rings. The fraction of sp³-hybridized carbons (Fsp3) is 0.185. The molecule has 1 aliphatic rings. The quantitative estimate of drug-likeness (QED) is 0.543. The van der Waals surface area contributed by atoms with Gasteiger partial charge in [0.05, 0.1) is 25.5 Å². The molecule has 1 N–H and O–H groups in total. The highest BCUT2D eigenvalue weighted by Gasteiger charge is 2.40. The molecule has 0 saturated carbocycles. The first-order valence-electron chi connectivity index (χ1n) is 10.6. The highest BCUT2D eigenvalue weighted by atomic mass is 16.5. The maximum absolute atomic E-state index is 13.6. The molecule has 0 radical (unpaired) electrons. The molecule has 0 spiro atoms. The van der Waals surface area contributed by atoms with Gasteiger partial charge >= 0.3 is 0 Å². The summed E-state index contributed by atoms with van der Waals surface area (Å²) >= 11 is 0. The van der Waals surface area contributed by atoms with Gasteiger partial charge in [-0.05, 0) is 44.0 Å². The number of imide groups is 1. The van der Waals surface area contributed by atoms with E-state index in [2.05, 4.69) is 5.32 Å². The van der Waals surface area contributed by atoms with Gasteiger partial charge in [0.15, 0.2) is 0 Å². The van der Waals surface area contributed by atoms with E-state index >= 15 is 0 Å². The molecule has 1 heterocycles. The van der Waals surface area contributed by atoms with Gasteiger partial charge in [-0.25, -0.2) is 4.90 Å². The summed E-state index contributed by atoms with van der Waals surface area (Å²) in [5.74, 6) is 0.351. The normalized spacial score (nSPS) is 13.5. The van der Waals surface area contributed by atoms with Gasteiger partial charge in [-0.3, -0.25) is 9.59 Å². The van der Waals surface area contributed by atoms with E-state index in [9.17, 15) is 9.59 Å². The number of hydrogen-bond acceptors (Lipinski definition) is 5. The minimum absolute atomic E-state index is 0.211. The smallest absolute Gasteiger partial charge is 0.282 e. The van der Waals surface area contributed by atoms with Crippen molar-refractivity contribution in [3.05, 3.63) is 88.6 Å². The van der Waals surface area contributed by atoms with Gasteiger partial charge in [0.2, 0.25) is 0 Å². The van der Waals surface area contributed by atoms with Gasteiger partial charge in [0.1, 0.15) is 17.2 Å². The molecule has 0 aliphatic carbocycles. The van der Waals surface area contributed by atoms with Gasteiger partial charge in [0, 0.05) is 23.9 Å². The van der Waals surface area contributed by atoms with Crippen molar-refractivity contribution in [2.24, 2.45) is 0 Å². The zero-order chi connectivity index (χ0) is 23.7. The number of aryl methyl sites for hydroxylation is 3. The van der Waals surface area contributed by atoms with Crippen molar-refractivity contribution in [3.8, 4) is 11.5 Å². The second-order valence-corrected chi connectivity index (χ2v) is 8.08. The number of methoxy groups -OCH3 is 2. The Morgan fingerprint density at radius 1 is 0.727 bits per heavy atom. The number of ether oxygens (including phenoxy) is 2. The monoisotopic (exact) mass is 442 g/mol. The average molecular weight is 443 g/mol. The van der Waals surface area contributed by atoms with Gasteiger partial charge in [0.25, 0.3) is 11.8 Å². The van der Waals surface area contributed by atoms with Crippen LogP contribution < -0.4 is 19.7 Å². The number of benzene rings is 3. The molecule has 2 amide bonds. The fourth-order valence-corrected chi connectivity index (χ4v) is 3.94. The first kappa shape index (κ1) is 22.1. The van der Waals surface area contributed by atoms with Crippen LogP contribution in [0.15, 0.2) is 66.4 Å². The number of rotatable bonds is 6. The van der Waals surface area contributed by atoms with E-state index in [0.29, 0.717) is 34.0 Å². The summed E-state index contributed by atoms with van der Waals surface area (Å²) < 4.78 is 10.7. The van der Waals surface area contributed by atoms with Crippen LogP contribution in [0.2, 0.25) is 0 Å². The van der Waals surface area contributed by atoms with Gasteiger partial charge in [-0.2, -0.15) is 0 Å². The number of carbonyl (C=O) groups is 2. The molecule has 0 atom stereocenters. The van der Waals surface area contributed by atoms with E-state index in [1.54, 1.807) is 44.6 Å². The molecule has 0 aromatic heterocycles. The maximum Gasteiger partial charge on any atom is 0.282 e. The van der Waals surface area contributed by atoms with Gasteiger partial charge in [-0.1, -0.05) is 41.5 Å². The van der Waals surface area contributed by atoms with Crippen molar-refractivity contribution in [2.45, 2.75) is 20.8 Å². The molecule has 6 heteroatoms. The number of amides is 2. The number of anilines is 2. The molecule has 6 nitrogen and oxygen atoms in total. The van der Waals surface area contributed by atoms with E-state index in [4.69, 9.17) is 9.47 Å². The van der Waals surface area contributed by atoms with Gasteiger partial charge < -0.3 is 14.8 Å². The lowest BCUT2D eigenvalue weighted by Gasteiger charge is -2.16. The number of hydrogen-bond donors (Lipinski definition) is 1. The molecule has 0 bridgehead atoms. The molecule has 4 rings (SSSR count). The Morgan fingerprint density at radius 3 is 1.91 bits per heavy atom. The molecule has 0 saturated heterocycles. The third-order valence-corrected chi connectivity index (χ3v) is 5.65. The Labute approximate surface area is 193 Å². The van der Waals surface area contributed by atoms with E-state index in [1.807, 2.05) is 51.1 Å². The molecule has 1 aliphatic heterocycles. The van der Waals surface area contributed by atoms with Crippen molar-refractivity contribution < 1.29 is 19.1 Å². The van der Waals surface area contributed by atoms with Crippen LogP contribution >= 0.6 is 0 Å². The third kappa shape index (κ3) is 4.20. The summed E-state index contributed by atoms with van der Waals surface area (Å²) in [5.41, 5.74) is 5.40. The lowest BCUT2D eigenvalue weighted by atomic mass is 9.97. The minimum atomic E-state index is -0.416. The summed E-state index contributed by atoms with van der Waals surface area (Å²) in [5, 5.41) is 3.18.